The van der Waals surface area contributed by atoms with Crippen LogP contribution in [0.5, 0.6) is 0 Å². The summed E-state index contributed by atoms with van der Waals surface area (Å²) in [6.45, 7) is 4.00. The number of para-hydroxylation sites is 2. The van der Waals surface area contributed by atoms with Gasteiger partial charge in [-0.1, -0.05) is 38.1 Å². The van der Waals surface area contributed by atoms with E-state index < -0.39 is 0 Å². The number of hydrogen-bond donors (Lipinski definition) is 4. The first-order valence-corrected chi connectivity index (χ1v) is 9.22. The number of nitrogens with zero attached hydrogens (tertiary/aromatic N) is 3. The Bertz CT molecular complexity index is 1180. The Morgan fingerprint density at radius 1 is 1.07 bits per heavy atom. The minimum absolute atomic E-state index is 0.0684. The molecule has 148 valence electrons. The number of H-pyrrole nitrogens is 1. The fourth-order valence-corrected chi connectivity index (χ4v) is 3.26. The Morgan fingerprint density at radius 3 is 2.41 bits per heavy atom. The monoisotopic (exact) mass is 391 g/mol. The van der Waals surface area contributed by atoms with Crippen LogP contribution in [0, 0.1) is 5.82 Å². The highest BCUT2D eigenvalue weighted by Gasteiger charge is 2.22. The number of rotatable bonds is 4. The van der Waals surface area contributed by atoms with E-state index in [4.69, 9.17) is 17.2 Å². The summed E-state index contributed by atoms with van der Waals surface area (Å²) in [4.78, 5) is 7.63. The second kappa shape index (κ2) is 6.97. The van der Waals surface area contributed by atoms with Gasteiger partial charge >= 0.3 is 0 Å². The van der Waals surface area contributed by atoms with Crippen molar-refractivity contribution in [3.05, 3.63) is 65.9 Å². The number of fused-ring (bicyclic) bond motifs is 1. The third kappa shape index (κ3) is 3.18. The van der Waals surface area contributed by atoms with E-state index in [9.17, 15) is 4.39 Å². The van der Waals surface area contributed by atoms with E-state index in [0.29, 0.717) is 17.2 Å². The normalized spacial score (nSPS) is 12.6. The number of anilines is 1. The van der Waals surface area contributed by atoms with Gasteiger partial charge in [-0.25, -0.2) is 9.37 Å². The first-order valence-electron chi connectivity index (χ1n) is 9.22. The minimum Gasteiger partial charge on any atom is -0.393 e. The molecule has 0 fully saturated rings. The van der Waals surface area contributed by atoms with Crippen LogP contribution in [0.1, 0.15) is 31.3 Å². The number of aromatic amines is 1. The van der Waals surface area contributed by atoms with Crippen LogP contribution in [0.15, 0.2) is 48.5 Å². The fourth-order valence-electron chi connectivity index (χ4n) is 3.26. The molecule has 0 radical (unpaired) electrons. The summed E-state index contributed by atoms with van der Waals surface area (Å²) in [5, 5.41) is 4.60. The summed E-state index contributed by atoms with van der Waals surface area (Å²) in [5.41, 5.74) is 23.1. The maximum Gasteiger partial charge on any atom is 0.158 e. The van der Waals surface area contributed by atoms with Gasteiger partial charge in [-0.2, -0.15) is 9.78 Å². The highest BCUT2D eigenvalue weighted by Crippen LogP contribution is 2.35. The van der Waals surface area contributed by atoms with E-state index in [2.05, 4.69) is 15.1 Å². The molecular weight excluding hydrogens is 369 g/mol. The Balaban J connectivity index is 1.86. The van der Waals surface area contributed by atoms with Gasteiger partial charge in [0.2, 0.25) is 0 Å². The first kappa shape index (κ1) is 18.5. The maximum atomic E-state index is 13.4. The molecule has 0 aliphatic rings. The maximum absolute atomic E-state index is 13.4. The number of halogens is 1. The molecule has 2 aromatic heterocycles. The molecule has 8 heteroatoms. The standard InChI is InChI=1S/C21H22FN7/c1-11(2)18-16(12-7-9-13(22)10-8-12)19(24)29(28-18)20(25)17(23)21-26-14-5-3-4-6-15(14)27-21/h3-11H,23-25H2,1-2H3,(H,26,27)/b20-17-. The molecule has 0 aliphatic heterocycles. The summed E-state index contributed by atoms with van der Waals surface area (Å²) < 4.78 is 14.8. The quantitative estimate of drug-likeness (QED) is 0.424. The van der Waals surface area contributed by atoms with E-state index >= 15 is 0 Å². The third-order valence-corrected chi connectivity index (χ3v) is 4.78. The van der Waals surface area contributed by atoms with Gasteiger partial charge in [0.15, 0.2) is 11.6 Å². The van der Waals surface area contributed by atoms with Crippen molar-refractivity contribution in [1.82, 2.24) is 19.7 Å². The fraction of sp³-hybridized carbons (Fsp3) is 0.143. The van der Waals surface area contributed by atoms with Crippen LogP contribution in [0.25, 0.3) is 33.7 Å². The molecule has 2 heterocycles. The van der Waals surface area contributed by atoms with Crippen LogP contribution in [-0.2, 0) is 0 Å². The second-order valence-electron chi connectivity index (χ2n) is 7.12. The molecule has 2 aromatic carbocycles. The molecule has 4 rings (SSSR count). The summed E-state index contributed by atoms with van der Waals surface area (Å²) in [5.74, 6) is 0.680. The Hall–Kier alpha value is -3.81. The van der Waals surface area contributed by atoms with Crippen LogP contribution in [0.2, 0.25) is 0 Å². The molecular formula is C21H22FN7. The lowest BCUT2D eigenvalue weighted by Crippen LogP contribution is -2.17. The number of hydrogen-bond acceptors (Lipinski definition) is 5. The zero-order valence-electron chi connectivity index (χ0n) is 16.1. The van der Waals surface area contributed by atoms with Crippen LogP contribution in [0.4, 0.5) is 10.2 Å². The molecule has 4 aromatic rings. The van der Waals surface area contributed by atoms with Crippen molar-refractivity contribution in [3.8, 4) is 11.1 Å². The van der Waals surface area contributed by atoms with Crippen LogP contribution in [0.3, 0.4) is 0 Å². The first-order chi connectivity index (χ1) is 13.9. The smallest absolute Gasteiger partial charge is 0.158 e. The van der Waals surface area contributed by atoms with Crippen LogP contribution in [-0.4, -0.2) is 19.7 Å². The zero-order chi connectivity index (χ0) is 20.7. The average Bonchev–Trinajstić information content (AvgIpc) is 3.29. The molecule has 0 unspecified atom stereocenters. The molecule has 29 heavy (non-hydrogen) atoms. The van der Waals surface area contributed by atoms with E-state index in [1.807, 2.05) is 38.1 Å². The Labute approximate surface area is 167 Å². The summed E-state index contributed by atoms with van der Waals surface area (Å²) in [6, 6.07) is 13.7. The lowest BCUT2D eigenvalue weighted by Gasteiger charge is -2.08. The second-order valence-corrected chi connectivity index (χ2v) is 7.12. The van der Waals surface area contributed by atoms with Gasteiger partial charge in [0, 0.05) is 5.56 Å². The molecule has 0 saturated heterocycles. The van der Waals surface area contributed by atoms with Crippen molar-refractivity contribution in [2.45, 2.75) is 19.8 Å². The van der Waals surface area contributed by atoms with Crippen molar-refractivity contribution < 1.29 is 4.39 Å². The topological polar surface area (TPSA) is 125 Å². The van der Waals surface area contributed by atoms with Gasteiger partial charge in [0.05, 0.1) is 16.7 Å². The zero-order valence-corrected chi connectivity index (χ0v) is 16.1. The minimum atomic E-state index is -0.320. The molecule has 0 atom stereocenters. The Kier molecular flexibility index (Phi) is 4.46. The summed E-state index contributed by atoms with van der Waals surface area (Å²) in [6.07, 6.45) is 0. The number of aromatic nitrogens is 4. The Morgan fingerprint density at radius 2 is 1.76 bits per heavy atom. The van der Waals surface area contributed by atoms with Crippen LogP contribution < -0.4 is 17.2 Å². The molecule has 0 spiro atoms. The van der Waals surface area contributed by atoms with Crippen molar-refractivity contribution in [2.75, 3.05) is 5.73 Å². The van der Waals surface area contributed by atoms with Crippen LogP contribution >= 0.6 is 0 Å². The van der Waals surface area contributed by atoms with E-state index in [1.54, 1.807) is 12.1 Å². The average molecular weight is 391 g/mol. The molecule has 0 bridgehead atoms. The predicted octanol–water partition coefficient (Wildman–Crippen LogP) is 3.47. The number of nitrogens with one attached hydrogen (secondary N) is 1. The van der Waals surface area contributed by atoms with Gasteiger partial charge in [-0.05, 0) is 35.7 Å². The molecule has 0 aliphatic carbocycles. The van der Waals surface area contributed by atoms with E-state index in [0.717, 1.165) is 22.3 Å². The van der Waals surface area contributed by atoms with Gasteiger partial charge in [0.25, 0.3) is 0 Å². The molecule has 7 nitrogen and oxygen atoms in total. The highest BCUT2D eigenvalue weighted by atomic mass is 19.1. The third-order valence-electron chi connectivity index (χ3n) is 4.78. The predicted molar refractivity (Wildman–Crippen MR) is 114 cm³/mol. The molecule has 0 amide bonds. The SMILES string of the molecule is CC(C)c1nn(/C(N)=C(\N)c2nc3ccccc3[nH]2)c(N)c1-c1ccc(F)cc1. The van der Waals surface area contributed by atoms with Crippen molar-refractivity contribution >= 4 is 28.4 Å². The van der Waals surface area contributed by atoms with Gasteiger partial charge in [-0.15, -0.1) is 0 Å². The lowest BCUT2D eigenvalue weighted by atomic mass is 9.99. The van der Waals surface area contributed by atoms with Crippen molar-refractivity contribution in [2.24, 2.45) is 11.5 Å². The molecule has 7 N–H and O–H groups in total. The van der Waals surface area contributed by atoms with E-state index in [-0.39, 0.29) is 23.3 Å². The number of nitrogen functional groups attached to an aromatic ring is 1. The number of benzene rings is 2. The lowest BCUT2D eigenvalue weighted by molar-refractivity contribution is 0.628. The van der Waals surface area contributed by atoms with Crippen molar-refractivity contribution in [3.63, 3.8) is 0 Å². The van der Waals surface area contributed by atoms with E-state index in [1.165, 1.54) is 16.8 Å². The molecule has 0 saturated carbocycles. The van der Waals surface area contributed by atoms with Gasteiger partial charge in [0.1, 0.15) is 17.3 Å². The summed E-state index contributed by atoms with van der Waals surface area (Å²) in [7, 11) is 0. The summed E-state index contributed by atoms with van der Waals surface area (Å²) >= 11 is 0. The highest BCUT2D eigenvalue weighted by molar-refractivity contribution is 5.86. The largest absolute Gasteiger partial charge is 0.393 e. The number of nitrogens with two attached hydrogens (primary N) is 3. The number of imidazole rings is 1. The van der Waals surface area contributed by atoms with Gasteiger partial charge < -0.3 is 22.2 Å². The van der Waals surface area contributed by atoms with Gasteiger partial charge in [-0.3, -0.25) is 0 Å². The van der Waals surface area contributed by atoms with Crippen molar-refractivity contribution in [1.29, 1.82) is 0 Å².